The Morgan fingerprint density at radius 2 is 1.80 bits per heavy atom. The fraction of sp³-hybridized carbons (Fsp3) is 0.250. The minimum Gasteiger partial charge on any atom is -0.326 e. The number of nitrogens with two attached hydrogens (primary N) is 2. The Labute approximate surface area is 111 Å². The molecule has 1 aromatic carbocycles. The Hall–Kier alpha value is 0.0500. The van der Waals surface area contributed by atoms with Crippen molar-refractivity contribution < 1.29 is 13.0 Å². The van der Waals surface area contributed by atoms with E-state index in [1.165, 1.54) is 6.07 Å². The molecule has 5 nitrogen and oxygen atoms in total. The van der Waals surface area contributed by atoms with E-state index in [-0.39, 0.29) is 41.0 Å². The molecule has 0 fully saturated rings. The zero-order valence-electron chi connectivity index (χ0n) is 8.47. The molecule has 0 heterocycles. The molecule has 7 heteroatoms. The summed E-state index contributed by atoms with van der Waals surface area (Å²) in [4.78, 5) is -0.155. The first-order valence-electron chi connectivity index (χ1n) is 3.98. The van der Waals surface area contributed by atoms with E-state index in [4.69, 9.17) is 16.0 Å². The van der Waals surface area contributed by atoms with Gasteiger partial charge < -0.3 is 11.5 Å². The van der Waals surface area contributed by atoms with Gasteiger partial charge in [0.25, 0.3) is 10.1 Å². The van der Waals surface area contributed by atoms with Gasteiger partial charge in [-0.05, 0) is 17.2 Å². The molecule has 0 aliphatic rings. The summed E-state index contributed by atoms with van der Waals surface area (Å²) >= 11 is 0. The van der Waals surface area contributed by atoms with Crippen molar-refractivity contribution in [2.75, 3.05) is 0 Å². The van der Waals surface area contributed by atoms with E-state index in [9.17, 15) is 8.42 Å². The van der Waals surface area contributed by atoms with Gasteiger partial charge in [-0.25, -0.2) is 0 Å². The largest absolute Gasteiger partial charge is 0.326 e. The summed E-state index contributed by atoms with van der Waals surface area (Å²) in [5.41, 5.74) is 11.9. The maximum Gasteiger partial charge on any atom is 0.294 e. The van der Waals surface area contributed by atoms with E-state index in [1.807, 2.05) is 0 Å². The second-order valence-electron chi connectivity index (χ2n) is 2.83. The minimum atomic E-state index is -4.19. The van der Waals surface area contributed by atoms with Crippen LogP contribution in [0.2, 0.25) is 0 Å². The molecule has 0 saturated carbocycles. The summed E-state index contributed by atoms with van der Waals surface area (Å²) in [6.07, 6.45) is 0. The molecular weight excluding hydrogens is 227 g/mol. The van der Waals surface area contributed by atoms with Gasteiger partial charge in [0.05, 0.1) is 4.90 Å². The van der Waals surface area contributed by atoms with Crippen LogP contribution < -0.4 is 11.5 Å². The van der Waals surface area contributed by atoms with Gasteiger partial charge in [-0.1, -0.05) is 12.1 Å². The average Bonchev–Trinajstić information content (AvgIpc) is 2.15. The van der Waals surface area contributed by atoms with E-state index in [0.29, 0.717) is 12.1 Å². The quantitative estimate of drug-likeness (QED) is 0.485. The fourth-order valence-corrected chi connectivity index (χ4v) is 1.88. The Balaban J connectivity index is 0.00000196. The van der Waals surface area contributed by atoms with Gasteiger partial charge in [0.2, 0.25) is 0 Å². The van der Waals surface area contributed by atoms with E-state index >= 15 is 0 Å². The van der Waals surface area contributed by atoms with Gasteiger partial charge in [-0.15, -0.1) is 0 Å². The van der Waals surface area contributed by atoms with Gasteiger partial charge >= 0.3 is 0 Å². The van der Waals surface area contributed by atoms with Crippen LogP contribution in [0.25, 0.3) is 0 Å². The normalized spacial score (nSPS) is 10.9. The Morgan fingerprint density at radius 1 is 1.20 bits per heavy atom. The fourth-order valence-electron chi connectivity index (χ4n) is 1.17. The number of benzene rings is 1. The molecule has 0 aromatic heterocycles. The summed E-state index contributed by atoms with van der Waals surface area (Å²) in [7, 11) is -4.19. The van der Waals surface area contributed by atoms with Gasteiger partial charge in [-0.2, -0.15) is 8.42 Å². The molecule has 5 N–H and O–H groups in total. The molecule has 0 aliphatic heterocycles. The van der Waals surface area contributed by atoms with E-state index in [1.54, 1.807) is 12.1 Å². The van der Waals surface area contributed by atoms with Crippen LogP contribution in [0, 0.1) is 0 Å². The number of hydrogen-bond donors (Lipinski definition) is 3. The minimum absolute atomic E-state index is 0. The van der Waals surface area contributed by atoms with E-state index in [0.717, 1.165) is 5.56 Å². The molecule has 79 valence electrons. The molecule has 0 unspecified atom stereocenters. The molecular formula is C8H12N2NaO3S. The summed E-state index contributed by atoms with van der Waals surface area (Å²) in [6, 6.07) is 4.42. The Kier molecular flexibility index (Phi) is 5.97. The predicted molar refractivity (Wildman–Crippen MR) is 57.8 cm³/mol. The first-order valence-corrected chi connectivity index (χ1v) is 5.42. The van der Waals surface area contributed by atoms with Crippen LogP contribution in [0.1, 0.15) is 11.1 Å². The molecule has 0 amide bonds. The van der Waals surface area contributed by atoms with Crippen molar-refractivity contribution in [1.82, 2.24) is 0 Å². The number of rotatable bonds is 3. The van der Waals surface area contributed by atoms with Crippen LogP contribution in [0.15, 0.2) is 23.1 Å². The second kappa shape index (κ2) is 5.95. The monoisotopic (exact) mass is 239 g/mol. The standard InChI is InChI=1S/C8H12N2O3S.Na/c9-4-6-1-2-8(14(11,12)13)7(3-6)5-10;/h1-3H,4-5,9-10H2,(H,11,12,13);. The zero-order chi connectivity index (χ0) is 10.8. The first-order chi connectivity index (χ1) is 6.49. The second-order valence-corrected chi connectivity index (χ2v) is 4.22. The van der Waals surface area contributed by atoms with Gasteiger partial charge in [0.15, 0.2) is 0 Å². The van der Waals surface area contributed by atoms with Crippen LogP contribution in [-0.2, 0) is 23.2 Å². The Morgan fingerprint density at radius 3 is 2.20 bits per heavy atom. The van der Waals surface area contributed by atoms with Crippen molar-refractivity contribution in [2.45, 2.75) is 18.0 Å². The molecule has 0 atom stereocenters. The van der Waals surface area contributed by atoms with E-state index < -0.39 is 10.1 Å². The van der Waals surface area contributed by atoms with Crippen LogP contribution in [0.4, 0.5) is 0 Å². The smallest absolute Gasteiger partial charge is 0.294 e. The maximum atomic E-state index is 10.9. The molecule has 1 radical (unpaired) electrons. The van der Waals surface area contributed by atoms with Gasteiger partial charge in [0.1, 0.15) is 0 Å². The third kappa shape index (κ3) is 3.84. The molecule has 1 rings (SSSR count). The topological polar surface area (TPSA) is 106 Å². The van der Waals surface area contributed by atoms with Crippen molar-refractivity contribution in [3.63, 3.8) is 0 Å². The third-order valence-corrected chi connectivity index (χ3v) is 2.81. The van der Waals surface area contributed by atoms with Crippen molar-refractivity contribution >= 4 is 39.7 Å². The molecule has 1 aromatic rings. The summed E-state index contributed by atoms with van der Waals surface area (Å²) in [6.45, 7) is 0.349. The number of hydrogen-bond acceptors (Lipinski definition) is 4. The summed E-state index contributed by atoms with van der Waals surface area (Å²) in [5.74, 6) is 0. The summed E-state index contributed by atoms with van der Waals surface area (Å²) in [5, 5.41) is 0. The third-order valence-electron chi connectivity index (χ3n) is 1.86. The molecule has 0 bridgehead atoms. The van der Waals surface area contributed by atoms with Gasteiger partial charge in [0, 0.05) is 42.6 Å². The SMILES string of the molecule is NCc1ccc(S(=O)(=O)O)c(CN)c1.[Na]. The molecule has 0 aliphatic carbocycles. The zero-order valence-corrected chi connectivity index (χ0v) is 11.3. The molecule has 15 heavy (non-hydrogen) atoms. The molecule has 0 spiro atoms. The first kappa shape index (κ1) is 15.0. The van der Waals surface area contributed by atoms with Crippen LogP contribution >= 0.6 is 0 Å². The van der Waals surface area contributed by atoms with Crippen molar-refractivity contribution in [3.8, 4) is 0 Å². The van der Waals surface area contributed by atoms with Gasteiger partial charge in [-0.3, -0.25) is 4.55 Å². The maximum absolute atomic E-state index is 10.9. The van der Waals surface area contributed by atoms with Crippen molar-refractivity contribution in [3.05, 3.63) is 29.3 Å². The predicted octanol–water partition coefficient (Wildman–Crippen LogP) is -0.530. The molecule has 0 saturated heterocycles. The van der Waals surface area contributed by atoms with Crippen LogP contribution in [0.5, 0.6) is 0 Å². The Bertz CT molecular complexity index is 434. The average molecular weight is 239 g/mol. The van der Waals surface area contributed by atoms with Crippen LogP contribution in [0.3, 0.4) is 0 Å². The van der Waals surface area contributed by atoms with Crippen LogP contribution in [-0.4, -0.2) is 42.5 Å². The van der Waals surface area contributed by atoms with E-state index in [2.05, 4.69) is 0 Å². The summed E-state index contributed by atoms with van der Waals surface area (Å²) < 4.78 is 30.6. The van der Waals surface area contributed by atoms with Crippen molar-refractivity contribution in [1.29, 1.82) is 0 Å². The van der Waals surface area contributed by atoms with Crippen molar-refractivity contribution in [2.24, 2.45) is 11.5 Å².